The number of pyridine rings is 6. The van der Waals surface area contributed by atoms with E-state index < -0.39 is 11.8 Å². The molecule has 0 aliphatic carbocycles. The van der Waals surface area contributed by atoms with Gasteiger partial charge in [0, 0.05) is 95.9 Å². The molecule has 21 heteroatoms. The smallest absolute Gasteiger partial charge is 0.338 e. The predicted octanol–water partition coefficient (Wildman–Crippen LogP) is 13.6. The van der Waals surface area contributed by atoms with Crippen LogP contribution >= 0.6 is 0 Å². The quantitative estimate of drug-likeness (QED) is 0.0731. The lowest BCUT2D eigenvalue weighted by Gasteiger charge is -2.32. The van der Waals surface area contributed by atoms with Crippen LogP contribution in [-0.2, 0) is 11.3 Å². The van der Waals surface area contributed by atoms with Gasteiger partial charge in [0.15, 0.2) is 16.9 Å². The Morgan fingerprint density at radius 2 is 0.933 bits per heavy atom. The molecule has 9 aromatic heterocycles. The van der Waals surface area contributed by atoms with E-state index in [1.807, 2.05) is 161 Å². The first kappa shape index (κ1) is 61.4. The number of aldehydes is 1. The third-order valence-electron chi connectivity index (χ3n) is 15.2. The first-order valence-electron chi connectivity index (χ1n) is 29.5. The van der Waals surface area contributed by atoms with Crippen molar-refractivity contribution in [3.05, 3.63) is 217 Å². The summed E-state index contributed by atoms with van der Waals surface area (Å²) in [7, 11) is 0. The van der Waals surface area contributed by atoms with Crippen LogP contribution in [0.3, 0.4) is 0 Å². The van der Waals surface area contributed by atoms with Crippen LogP contribution in [0.2, 0.25) is 0 Å². The maximum atomic E-state index is 13.7. The van der Waals surface area contributed by atoms with Crippen molar-refractivity contribution in [3.63, 3.8) is 0 Å². The Kier molecular flexibility index (Phi) is 18.7. The second-order valence-electron chi connectivity index (χ2n) is 21.8. The number of nitrogens with one attached hydrogen (secondary N) is 1. The van der Waals surface area contributed by atoms with Gasteiger partial charge in [-0.1, -0.05) is 12.1 Å². The molecule has 2 aliphatic rings. The number of aryl methyl sites for hydroxylation is 3. The van der Waals surface area contributed by atoms with Crippen LogP contribution in [-0.4, -0.2) is 120 Å². The highest BCUT2D eigenvalue weighted by Crippen LogP contribution is 2.31. The Labute approximate surface area is 516 Å². The molecule has 456 valence electrons. The van der Waals surface area contributed by atoms with Crippen LogP contribution < -0.4 is 5.32 Å². The predicted molar refractivity (Wildman–Crippen MR) is 338 cm³/mol. The van der Waals surface area contributed by atoms with Gasteiger partial charge in [-0.2, -0.15) is 0 Å². The minimum absolute atomic E-state index is 0.0100. The normalized spacial score (nSPS) is 14.4. The van der Waals surface area contributed by atoms with E-state index in [0.29, 0.717) is 43.7 Å². The number of halogens is 4. The number of alkyl halides is 4. The van der Waals surface area contributed by atoms with Gasteiger partial charge in [-0.15, -0.1) is 0 Å². The maximum absolute atomic E-state index is 13.7. The Hall–Kier alpha value is -10.3. The topological polar surface area (TPSA) is 189 Å². The fourth-order valence-electron chi connectivity index (χ4n) is 10.9. The highest BCUT2D eigenvalue weighted by atomic mass is 19.3. The third-order valence-corrected chi connectivity index (χ3v) is 15.2. The lowest BCUT2D eigenvalue weighted by molar-refractivity contribution is -0.0661. The molecule has 1 N–H and O–H groups in total. The van der Waals surface area contributed by atoms with Gasteiger partial charge >= 0.3 is 5.97 Å². The van der Waals surface area contributed by atoms with Crippen LogP contribution in [0.5, 0.6) is 0 Å². The van der Waals surface area contributed by atoms with Crippen molar-refractivity contribution in [3.8, 4) is 50.8 Å². The second-order valence-corrected chi connectivity index (χ2v) is 21.8. The number of benzene rings is 3. The molecular weight excluding hydrogens is 1150 g/mol. The molecule has 14 rings (SSSR count). The van der Waals surface area contributed by atoms with Crippen molar-refractivity contribution < 1.29 is 31.9 Å². The van der Waals surface area contributed by atoms with E-state index in [4.69, 9.17) is 19.7 Å². The molecule has 3 aromatic carbocycles. The first-order chi connectivity index (χ1) is 43.6. The largest absolute Gasteiger partial charge is 0.462 e. The number of imidazole rings is 3. The van der Waals surface area contributed by atoms with E-state index in [2.05, 4.69) is 35.2 Å². The SMILES string of the molecule is CCOC(=O)c1ccc(-n2c(C)nc3ccc(-c4ccncc4)nc32)cc1.Cc1nc2ccc(-c3ccncc3)nc2n1-c1ccc(C=O)cc1.Cc1nc2ccc(-c3ccncc3)nc2n1-c1ccc(CN2CCCC(F)(F)C2)cc1.FC1(F)CCCNC1. The van der Waals surface area contributed by atoms with Gasteiger partial charge in [-0.3, -0.25) is 38.3 Å². The molecule has 0 amide bonds. The number of esters is 1. The average molecular weight is 1210 g/mol. The third kappa shape index (κ3) is 14.5. The van der Waals surface area contributed by atoms with Crippen LogP contribution in [0, 0.1) is 20.8 Å². The monoisotopic (exact) mass is 1210 g/mol. The summed E-state index contributed by atoms with van der Waals surface area (Å²) in [6.07, 6.45) is 12.5. The van der Waals surface area contributed by atoms with Crippen LogP contribution in [0.15, 0.2) is 183 Å². The number of piperidine rings is 2. The number of aromatic nitrogens is 12. The standard InChI is InChI=1S/C24H23F2N5.C21H18N4O2.C19H14N4O.C5H9F2N/c1-17-28-22-8-7-21(19-9-12-27-13-10-19)29-23(22)31(17)20-5-3-18(4-6-20)15-30-14-2-11-24(25,26)16-30;1-3-27-21(26)16-4-6-17(7-5-16)25-14(2)23-19-9-8-18(24-20(19)25)15-10-12-22-13-11-15;1-13-21-18-7-6-17(15-8-10-20-11-9-15)22-19(18)23(13)16-4-2-14(12-24)3-5-16;6-5(7)2-1-3-8-4-5/h3-10,12-13H,2,11,14-16H2,1H3;4-13H,3H2,1-2H3;2-12H,1H3;8H,1-4H2. The summed E-state index contributed by atoms with van der Waals surface area (Å²) in [6.45, 7) is 9.68. The highest BCUT2D eigenvalue weighted by molar-refractivity contribution is 5.90. The Morgan fingerprint density at radius 1 is 0.522 bits per heavy atom. The average Bonchev–Trinajstić information content (AvgIpc) is 2.26. The van der Waals surface area contributed by atoms with Gasteiger partial charge in [0.1, 0.15) is 40.3 Å². The van der Waals surface area contributed by atoms with Gasteiger partial charge in [0.2, 0.25) is 0 Å². The summed E-state index contributed by atoms with van der Waals surface area (Å²) in [5, 5.41) is 2.62. The number of carbonyl (C=O) groups excluding carboxylic acids is 2. The molecule has 0 spiro atoms. The van der Waals surface area contributed by atoms with Crippen molar-refractivity contribution in [1.82, 2.24) is 68.8 Å². The van der Waals surface area contributed by atoms with Gasteiger partial charge in [-0.25, -0.2) is 52.3 Å². The molecule has 2 aliphatic heterocycles. The van der Waals surface area contributed by atoms with Crippen molar-refractivity contribution in [1.29, 1.82) is 0 Å². The number of hydrogen-bond donors (Lipinski definition) is 1. The van der Waals surface area contributed by atoms with Gasteiger partial charge in [0.05, 0.1) is 42.3 Å². The maximum Gasteiger partial charge on any atom is 0.338 e. The molecule has 12 aromatic rings. The minimum atomic E-state index is -2.58. The van der Waals surface area contributed by atoms with Crippen molar-refractivity contribution in [2.75, 3.05) is 32.8 Å². The number of hydrogen-bond acceptors (Lipinski definition) is 14. The fraction of sp³-hybridized carbons (Fsp3) is 0.232. The molecule has 0 unspecified atom stereocenters. The fourth-order valence-corrected chi connectivity index (χ4v) is 10.9. The Balaban J connectivity index is 0.000000131. The molecule has 0 atom stereocenters. The lowest BCUT2D eigenvalue weighted by Crippen LogP contribution is -2.41. The Morgan fingerprint density at radius 3 is 1.30 bits per heavy atom. The molecule has 0 radical (unpaired) electrons. The van der Waals surface area contributed by atoms with Gasteiger partial charge in [-0.05, 0) is 193 Å². The second kappa shape index (κ2) is 27.4. The molecule has 11 heterocycles. The van der Waals surface area contributed by atoms with E-state index in [9.17, 15) is 27.2 Å². The molecule has 0 bridgehead atoms. The van der Waals surface area contributed by atoms with Gasteiger partial charge < -0.3 is 10.1 Å². The summed E-state index contributed by atoms with van der Waals surface area (Å²) in [6, 6.07) is 46.0. The van der Waals surface area contributed by atoms with E-state index in [1.165, 1.54) is 0 Å². The Bertz CT molecular complexity index is 4410. The minimum Gasteiger partial charge on any atom is -0.462 e. The van der Waals surface area contributed by atoms with E-state index >= 15 is 0 Å². The van der Waals surface area contributed by atoms with Crippen LogP contribution in [0.25, 0.3) is 84.3 Å². The van der Waals surface area contributed by atoms with Crippen LogP contribution in [0.1, 0.15) is 76.4 Å². The number of fused-ring (bicyclic) bond motifs is 3. The number of nitrogens with zero attached hydrogens (tertiary/aromatic N) is 13. The lowest BCUT2D eigenvalue weighted by atomic mass is 10.1. The zero-order chi connectivity index (χ0) is 62.8. The summed E-state index contributed by atoms with van der Waals surface area (Å²) in [4.78, 5) is 65.0. The summed E-state index contributed by atoms with van der Waals surface area (Å²) in [5.74, 6) is -2.81. The van der Waals surface area contributed by atoms with Crippen molar-refractivity contribution >= 4 is 45.7 Å². The van der Waals surface area contributed by atoms with E-state index in [0.717, 1.165) is 120 Å². The molecular formula is C69H64F4N14O3. The van der Waals surface area contributed by atoms with E-state index in [1.54, 1.807) is 68.4 Å². The van der Waals surface area contributed by atoms with Crippen molar-refractivity contribution in [2.24, 2.45) is 0 Å². The summed E-state index contributed by atoms with van der Waals surface area (Å²) >= 11 is 0. The number of likely N-dealkylation sites (tertiary alicyclic amines) is 1. The zero-order valence-corrected chi connectivity index (χ0v) is 50.0. The summed E-state index contributed by atoms with van der Waals surface area (Å²) < 4.78 is 62.7. The molecule has 17 nitrogen and oxygen atoms in total. The number of ether oxygens (including phenoxy) is 1. The highest BCUT2D eigenvalue weighted by Gasteiger charge is 2.35. The number of carbonyl (C=O) groups is 2. The molecule has 90 heavy (non-hydrogen) atoms. The van der Waals surface area contributed by atoms with Crippen molar-refractivity contribution in [2.45, 2.75) is 71.8 Å². The molecule has 2 fully saturated rings. The number of rotatable bonds is 11. The first-order valence-corrected chi connectivity index (χ1v) is 29.5. The molecule has 0 saturated carbocycles. The zero-order valence-electron chi connectivity index (χ0n) is 50.0. The van der Waals surface area contributed by atoms with Gasteiger partial charge in [0.25, 0.3) is 11.8 Å². The van der Waals surface area contributed by atoms with Crippen LogP contribution in [0.4, 0.5) is 17.6 Å². The van der Waals surface area contributed by atoms with E-state index in [-0.39, 0.29) is 31.9 Å². The summed E-state index contributed by atoms with van der Waals surface area (Å²) in [5.41, 5.74) is 15.4. The molecule has 2 saturated heterocycles.